The maximum atomic E-state index is 12.3. The number of carbonyl (C=O) groups is 2. The Bertz CT molecular complexity index is 594. The molecule has 24 heavy (non-hydrogen) atoms. The van der Waals surface area contributed by atoms with E-state index >= 15 is 0 Å². The number of nitrogens with one attached hydrogen (secondary N) is 1. The predicted molar refractivity (Wildman–Crippen MR) is 90.3 cm³/mol. The van der Waals surface area contributed by atoms with Crippen LogP contribution >= 0.6 is 0 Å². The molecule has 1 N–H and O–H groups in total. The Morgan fingerprint density at radius 1 is 1.33 bits per heavy atom. The maximum absolute atomic E-state index is 12.3. The molecule has 0 bridgehead atoms. The number of aromatic nitrogens is 2. The Labute approximate surface area is 143 Å². The third-order valence-corrected chi connectivity index (χ3v) is 5.27. The summed E-state index contributed by atoms with van der Waals surface area (Å²) >= 11 is 0. The van der Waals surface area contributed by atoms with Gasteiger partial charge in [-0.05, 0) is 38.0 Å². The molecule has 1 saturated carbocycles. The predicted octanol–water partition coefficient (Wildman–Crippen LogP) is 2.17. The molecule has 3 rings (SSSR count). The number of amides is 2. The second kappa shape index (κ2) is 6.87. The van der Waals surface area contributed by atoms with E-state index in [4.69, 9.17) is 0 Å². The summed E-state index contributed by atoms with van der Waals surface area (Å²) in [7, 11) is 0. The van der Waals surface area contributed by atoms with Crippen molar-refractivity contribution in [3.05, 3.63) is 24.3 Å². The highest BCUT2D eigenvalue weighted by Gasteiger charge is 2.47. The molecule has 0 unspecified atom stereocenters. The molecule has 0 aromatic carbocycles. The Hall–Kier alpha value is -1.98. The van der Waals surface area contributed by atoms with Crippen LogP contribution in [-0.2, 0) is 4.79 Å². The smallest absolute Gasteiger partial charge is 0.271 e. The first kappa shape index (κ1) is 16.9. The van der Waals surface area contributed by atoms with Gasteiger partial charge >= 0.3 is 0 Å². The summed E-state index contributed by atoms with van der Waals surface area (Å²) in [6.07, 6.45) is 9.96. The molecule has 0 radical (unpaired) electrons. The highest BCUT2D eigenvalue weighted by molar-refractivity contribution is 5.92. The number of hydrogen-bond donors (Lipinski definition) is 1. The van der Waals surface area contributed by atoms with Crippen molar-refractivity contribution in [1.29, 1.82) is 0 Å². The van der Waals surface area contributed by atoms with Gasteiger partial charge in [-0.15, -0.1) is 0 Å². The topological polar surface area (TPSA) is 75.2 Å². The van der Waals surface area contributed by atoms with Crippen molar-refractivity contribution in [3.63, 3.8) is 0 Å². The van der Waals surface area contributed by atoms with E-state index in [1.165, 1.54) is 12.4 Å². The summed E-state index contributed by atoms with van der Waals surface area (Å²) in [5.41, 5.74) is 0.380. The van der Waals surface area contributed by atoms with Crippen molar-refractivity contribution < 1.29 is 9.59 Å². The van der Waals surface area contributed by atoms with Crippen molar-refractivity contribution in [2.24, 2.45) is 5.92 Å². The van der Waals surface area contributed by atoms with E-state index in [1.807, 2.05) is 0 Å². The molecule has 2 fully saturated rings. The van der Waals surface area contributed by atoms with Gasteiger partial charge in [-0.3, -0.25) is 14.6 Å². The lowest BCUT2D eigenvalue weighted by atomic mass is 9.77. The first-order valence-corrected chi connectivity index (χ1v) is 8.87. The molecule has 6 nitrogen and oxygen atoms in total. The fourth-order valence-corrected chi connectivity index (χ4v) is 4.03. The van der Waals surface area contributed by atoms with E-state index in [2.05, 4.69) is 34.0 Å². The lowest BCUT2D eigenvalue weighted by Gasteiger charge is -2.44. The number of carbonyl (C=O) groups excluding carboxylic acids is 2. The molecule has 1 aliphatic carbocycles. The molecule has 2 aliphatic rings. The Morgan fingerprint density at radius 2 is 2.08 bits per heavy atom. The van der Waals surface area contributed by atoms with Gasteiger partial charge in [-0.25, -0.2) is 4.98 Å². The van der Waals surface area contributed by atoms with E-state index in [0.717, 1.165) is 38.6 Å². The zero-order valence-corrected chi connectivity index (χ0v) is 14.5. The monoisotopic (exact) mass is 330 g/mol. The molecular weight excluding hydrogens is 304 g/mol. The van der Waals surface area contributed by atoms with Crippen LogP contribution in [0.4, 0.5) is 0 Å². The van der Waals surface area contributed by atoms with E-state index in [9.17, 15) is 9.59 Å². The summed E-state index contributed by atoms with van der Waals surface area (Å²) in [6, 6.07) is 0.154. The van der Waals surface area contributed by atoms with Crippen molar-refractivity contribution in [1.82, 2.24) is 20.2 Å². The summed E-state index contributed by atoms with van der Waals surface area (Å²) in [5, 5.41) is 3.06. The Morgan fingerprint density at radius 3 is 2.71 bits per heavy atom. The van der Waals surface area contributed by atoms with Gasteiger partial charge in [-0.1, -0.05) is 13.8 Å². The van der Waals surface area contributed by atoms with Gasteiger partial charge in [0.15, 0.2) is 0 Å². The third-order valence-electron chi connectivity index (χ3n) is 5.27. The summed E-state index contributed by atoms with van der Waals surface area (Å²) in [4.78, 5) is 34.6. The first-order chi connectivity index (χ1) is 11.5. The normalized spacial score (nSPS) is 27.0. The molecule has 1 aliphatic heterocycles. The summed E-state index contributed by atoms with van der Waals surface area (Å²) in [5.74, 6) is 0.620. The molecule has 1 aromatic rings. The van der Waals surface area contributed by atoms with Crippen LogP contribution in [0.25, 0.3) is 0 Å². The molecule has 6 heteroatoms. The van der Waals surface area contributed by atoms with Crippen LogP contribution in [0.2, 0.25) is 0 Å². The van der Waals surface area contributed by atoms with Gasteiger partial charge in [0, 0.05) is 36.9 Å². The average molecular weight is 330 g/mol. The first-order valence-electron chi connectivity index (χ1n) is 8.87. The maximum Gasteiger partial charge on any atom is 0.271 e. The van der Waals surface area contributed by atoms with Gasteiger partial charge in [-0.2, -0.15) is 0 Å². The minimum atomic E-state index is -0.161. The summed E-state index contributed by atoms with van der Waals surface area (Å²) < 4.78 is 0. The van der Waals surface area contributed by atoms with Gasteiger partial charge in [0.05, 0.1) is 6.20 Å². The van der Waals surface area contributed by atoms with Crippen molar-refractivity contribution in [2.75, 3.05) is 6.54 Å². The standard InChI is InChI=1S/C18H26N4O2/c1-13(2)12-22-16(23)5-8-18(22)6-3-14(4-7-18)21-17(24)15-11-19-9-10-20-15/h9-11,13-14H,3-8,12H2,1-2H3,(H,21,24). The Balaban J connectivity index is 1.59. The van der Waals surface area contributed by atoms with Crippen molar-refractivity contribution in [2.45, 2.75) is 64.0 Å². The van der Waals surface area contributed by atoms with E-state index in [1.54, 1.807) is 6.20 Å². The molecular formula is C18H26N4O2. The summed E-state index contributed by atoms with van der Waals surface area (Å²) in [6.45, 7) is 5.16. The minimum Gasteiger partial charge on any atom is -0.348 e. The van der Waals surface area contributed by atoms with Gasteiger partial charge in [0.25, 0.3) is 5.91 Å². The quantitative estimate of drug-likeness (QED) is 0.918. The van der Waals surface area contributed by atoms with E-state index in [-0.39, 0.29) is 17.5 Å². The number of likely N-dealkylation sites (tertiary alicyclic amines) is 1. The van der Waals surface area contributed by atoms with Crippen molar-refractivity contribution >= 4 is 11.8 Å². The molecule has 1 saturated heterocycles. The highest BCUT2D eigenvalue weighted by Crippen LogP contribution is 2.42. The number of rotatable bonds is 4. The molecule has 2 heterocycles. The fraction of sp³-hybridized carbons (Fsp3) is 0.667. The van der Waals surface area contributed by atoms with Crippen LogP contribution in [0.15, 0.2) is 18.6 Å². The number of nitrogens with zero attached hydrogens (tertiary/aromatic N) is 3. The average Bonchev–Trinajstić information content (AvgIpc) is 2.87. The lowest BCUT2D eigenvalue weighted by molar-refractivity contribution is -0.132. The molecule has 130 valence electrons. The highest BCUT2D eigenvalue weighted by atomic mass is 16.2. The van der Waals surface area contributed by atoms with Crippen LogP contribution in [0, 0.1) is 5.92 Å². The fourth-order valence-electron chi connectivity index (χ4n) is 4.03. The lowest BCUT2D eigenvalue weighted by Crippen LogP contribution is -2.52. The molecule has 2 amide bonds. The van der Waals surface area contributed by atoms with Crippen LogP contribution in [0.3, 0.4) is 0 Å². The van der Waals surface area contributed by atoms with Gasteiger partial charge < -0.3 is 10.2 Å². The van der Waals surface area contributed by atoms with Crippen LogP contribution in [-0.4, -0.2) is 44.8 Å². The molecule has 1 spiro atoms. The largest absolute Gasteiger partial charge is 0.348 e. The molecule has 0 atom stereocenters. The SMILES string of the molecule is CC(C)CN1C(=O)CCC12CCC(NC(=O)c1cnccn1)CC2. The zero-order valence-electron chi connectivity index (χ0n) is 14.5. The van der Waals surface area contributed by atoms with Crippen LogP contribution < -0.4 is 5.32 Å². The van der Waals surface area contributed by atoms with Crippen LogP contribution in [0.5, 0.6) is 0 Å². The second-order valence-electron chi connectivity index (χ2n) is 7.46. The van der Waals surface area contributed by atoms with E-state index in [0.29, 0.717) is 23.9 Å². The second-order valence-corrected chi connectivity index (χ2v) is 7.46. The zero-order chi connectivity index (χ0) is 17.2. The minimum absolute atomic E-state index is 0.0229. The van der Waals surface area contributed by atoms with E-state index < -0.39 is 0 Å². The third kappa shape index (κ3) is 3.42. The van der Waals surface area contributed by atoms with Gasteiger partial charge in [0.1, 0.15) is 5.69 Å². The molecule has 1 aromatic heterocycles. The van der Waals surface area contributed by atoms with Crippen LogP contribution in [0.1, 0.15) is 62.9 Å². The van der Waals surface area contributed by atoms with Crippen molar-refractivity contribution in [3.8, 4) is 0 Å². The number of hydrogen-bond acceptors (Lipinski definition) is 4. The van der Waals surface area contributed by atoms with Gasteiger partial charge in [0.2, 0.25) is 5.91 Å². The Kier molecular flexibility index (Phi) is 4.83.